The molecule has 13 nitrogen and oxygen atoms in total. The van der Waals surface area contributed by atoms with Gasteiger partial charge in [-0.15, -0.1) is 10.2 Å². The number of halogens is 4. The topological polar surface area (TPSA) is 124 Å². The fourth-order valence-electron chi connectivity index (χ4n) is 8.11. The maximum absolute atomic E-state index is 13.4. The summed E-state index contributed by atoms with van der Waals surface area (Å²) in [5.74, 6) is -2.81. The molecule has 4 aromatic heterocycles. The predicted octanol–water partition coefficient (Wildman–Crippen LogP) is 8.66. The largest absolute Gasteiger partial charge is 0.463 e. The van der Waals surface area contributed by atoms with Gasteiger partial charge in [0.05, 0.1) is 25.6 Å². The van der Waals surface area contributed by atoms with E-state index in [4.69, 9.17) is 36.3 Å². The molecule has 0 spiro atoms. The zero-order chi connectivity index (χ0) is 39.5. The van der Waals surface area contributed by atoms with Crippen LogP contribution in [0.3, 0.4) is 0 Å². The summed E-state index contributed by atoms with van der Waals surface area (Å²) in [6.07, 6.45) is 8.27. The van der Waals surface area contributed by atoms with E-state index in [-0.39, 0.29) is 82.4 Å². The smallest absolute Gasteiger partial charge is 0.317 e. The number of fused-ring (bicyclic) bond motifs is 2. The molecule has 2 saturated carbocycles. The first-order valence-corrected chi connectivity index (χ1v) is 20.5. The molecule has 18 heteroatoms. The first kappa shape index (κ1) is 45.4. The predicted molar refractivity (Wildman–Crippen MR) is 214 cm³/mol. The molecule has 0 aromatic carbocycles. The second-order valence-electron chi connectivity index (χ2n) is 15.5. The fourth-order valence-corrected chi connectivity index (χ4v) is 8.46. The van der Waals surface area contributed by atoms with Crippen molar-refractivity contribution in [3.8, 4) is 12.0 Å². The third kappa shape index (κ3) is 10.2. The van der Waals surface area contributed by atoms with Gasteiger partial charge in [-0.2, -0.15) is 0 Å². The molecule has 58 heavy (non-hydrogen) atoms. The number of alkyl halides is 4. The van der Waals surface area contributed by atoms with Gasteiger partial charge in [0.25, 0.3) is 5.56 Å². The lowest BCUT2D eigenvalue weighted by molar-refractivity contribution is -0.0509. The van der Waals surface area contributed by atoms with Gasteiger partial charge in [0, 0.05) is 77.0 Å². The van der Waals surface area contributed by atoms with Crippen LogP contribution in [0.15, 0.2) is 17.2 Å². The number of hydrogen-bond donors (Lipinski definition) is 0. The molecule has 8 rings (SSSR count). The van der Waals surface area contributed by atoms with E-state index in [9.17, 15) is 22.4 Å². The second kappa shape index (κ2) is 19.6. The molecule has 2 aliphatic heterocycles. The van der Waals surface area contributed by atoms with Crippen molar-refractivity contribution in [2.75, 3.05) is 39.6 Å². The summed E-state index contributed by atoms with van der Waals surface area (Å²) in [6.45, 7) is 8.32. The SMILES string of the molecule is C.C.CCn1c(OCC2CCC(F)(F)CC2)nn2c(C3CCOCC3)ncc2c1=O.CCn1c(OCC2CCC(F)(F)CC2)nn2c(C3CCOCC3)ncc2c1=S. The van der Waals surface area contributed by atoms with Crippen molar-refractivity contribution in [2.24, 2.45) is 11.8 Å². The number of hydrogen-bond acceptors (Lipinski definition) is 10. The van der Waals surface area contributed by atoms with Crippen molar-refractivity contribution in [1.29, 1.82) is 0 Å². The molecule has 0 radical (unpaired) electrons. The Morgan fingerprint density at radius 3 is 1.50 bits per heavy atom. The Kier molecular flexibility index (Phi) is 15.4. The highest BCUT2D eigenvalue weighted by Gasteiger charge is 2.36. The lowest BCUT2D eigenvalue weighted by Gasteiger charge is -2.28. The molecule has 4 aliphatic rings. The van der Waals surface area contributed by atoms with Gasteiger partial charge < -0.3 is 18.9 Å². The van der Waals surface area contributed by atoms with Gasteiger partial charge in [0.1, 0.15) is 21.8 Å². The van der Waals surface area contributed by atoms with Crippen LogP contribution in [0.2, 0.25) is 0 Å². The molecule has 0 bridgehead atoms. The lowest BCUT2D eigenvalue weighted by atomic mass is 9.87. The van der Waals surface area contributed by atoms with E-state index in [2.05, 4.69) is 15.1 Å². The van der Waals surface area contributed by atoms with Gasteiger partial charge in [0.2, 0.25) is 11.8 Å². The summed E-state index contributed by atoms with van der Waals surface area (Å²) in [5.41, 5.74) is 1.02. The van der Waals surface area contributed by atoms with Crippen LogP contribution in [-0.4, -0.2) is 89.8 Å². The number of aromatic nitrogens is 8. The van der Waals surface area contributed by atoms with Crippen LogP contribution in [0.25, 0.3) is 11.0 Å². The molecule has 2 aliphatic carbocycles. The molecule has 2 saturated heterocycles. The van der Waals surface area contributed by atoms with E-state index in [1.54, 1.807) is 21.4 Å². The third-order valence-electron chi connectivity index (χ3n) is 11.7. The van der Waals surface area contributed by atoms with E-state index < -0.39 is 11.8 Å². The average Bonchev–Trinajstić information content (AvgIpc) is 3.83. The van der Waals surface area contributed by atoms with E-state index in [1.165, 1.54) is 4.57 Å². The first-order valence-electron chi connectivity index (χ1n) is 20.1. The Labute approximate surface area is 342 Å². The maximum atomic E-state index is 13.4. The van der Waals surface area contributed by atoms with E-state index in [0.717, 1.165) is 56.1 Å². The van der Waals surface area contributed by atoms with Gasteiger partial charge in [-0.1, -0.05) is 27.1 Å². The Bertz CT molecular complexity index is 1910. The molecule has 0 amide bonds. The van der Waals surface area contributed by atoms with Crippen molar-refractivity contribution >= 4 is 23.3 Å². The monoisotopic (exact) mass is 840 g/mol. The molecule has 4 aromatic rings. The van der Waals surface area contributed by atoms with Crippen molar-refractivity contribution in [3.63, 3.8) is 0 Å². The summed E-state index contributed by atoms with van der Waals surface area (Å²) in [5, 5.41) is 9.26. The molecule has 0 unspecified atom stereocenters. The number of ether oxygens (including phenoxy) is 4. The molecule has 324 valence electrons. The summed E-state index contributed by atoms with van der Waals surface area (Å²) in [7, 11) is 0. The zero-order valence-corrected chi connectivity index (χ0v) is 33.0. The van der Waals surface area contributed by atoms with E-state index in [0.29, 0.717) is 74.8 Å². The van der Waals surface area contributed by atoms with Crippen LogP contribution in [0, 0.1) is 16.5 Å². The highest BCUT2D eigenvalue weighted by atomic mass is 32.1. The number of rotatable bonds is 10. The Balaban J connectivity index is 0.000000214. The van der Waals surface area contributed by atoms with Crippen molar-refractivity contribution in [1.82, 2.24) is 38.3 Å². The maximum Gasteiger partial charge on any atom is 0.317 e. The highest BCUT2D eigenvalue weighted by molar-refractivity contribution is 7.71. The summed E-state index contributed by atoms with van der Waals surface area (Å²) in [6, 6.07) is 0.660. The normalized spacial score (nSPS) is 20.5. The molecular formula is C40H60F4N8O5S. The second-order valence-corrected chi connectivity index (χ2v) is 15.9. The van der Waals surface area contributed by atoms with Gasteiger partial charge in [-0.05, 0) is 77.0 Å². The minimum atomic E-state index is -2.56. The summed E-state index contributed by atoms with van der Waals surface area (Å²) in [4.78, 5) is 21.9. The molecule has 6 heterocycles. The van der Waals surface area contributed by atoms with Gasteiger partial charge in [-0.25, -0.2) is 36.6 Å². The fraction of sp³-hybridized carbons (Fsp3) is 0.750. The van der Waals surface area contributed by atoms with Crippen molar-refractivity contribution in [2.45, 2.75) is 143 Å². The minimum Gasteiger partial charge on any atom is -0.463 e. The summed E-state index contributed by atoms with van der Waals surface area (Å²) < 4.78 is 83.6. The average molecular weight is 841 g/mol. The Morgan fingerprint density at radius 2 is 1.07 bits per heavy atom. The van der Waals surface area contributed by atoms with Gasteiger partial charge in [-0.3, -0.25) is 13.9 Å². The third-order valence-corrected chi connectivity index (χ3v) is 12.1. The van der Waals surface area contributed by atoms with Gasteiger partial charge >= 0.3 is 12.0 Å². The standard InChI is InChI=1S/C19H26F2N4O3.C19H26F2N4O2S.2CH4/c1-2-24-17(26)15-11-22-16(14-5-9-27-10-6-14)25(15)23-18(24)28-12-13-3-7-19(20,21)8-4-13;1-2-24-17(28)15-11-22-16(14-5-9-26-10-6-14)25(15)23-18(24)27-12-13-3-7-19(20,21)8-4-13;;/h2*11,13-14H,2-10,12H2,1H3;2*1H4. The quantitative estimate of drug-likeness (QED) is 0.113. The van der Waals surface area contributed by atoms with E-state index in [1.807, 2.05) is 18.4 Å². The molecule has 0 atom stereocenters. The van der Waals surface area contributed by atoms with E-state index >= 15 is 0 Å². The first-order chi connectivity index (χ1) is 27.0. The van der Waals surface area contributed by atoms with Crippen LogP contribution < -0.4 is 15.0 Å². The van der Waals surface area contributed by atoms with Crippen molar-refractivity contribution in [3.05, 3.63) is 39.0 Å². The summed E-state index contributed by atoms with van der Waals surface area (Å²) >= 11 is 5.65. The number of nitrogens with zero attached hydrogens (tertiary/aromatic N) is 8. The van der Waals surface area contributed by atoms with Crippen LogP contribution >= 0.6 is 12.2 Å². The van der Waals surface area contributed by atoms with Crippen molar-refractivity contribution < 1.29 is 36.5 Å². The lowest BCUT2D eigenvalue weighted by Crippen LogP contribution is -2.30. The molecule has 0 N–H and O–H groups in total. The Hall–Kier alpha value is -3.64. The van der Waals surface area contributed by atoms with Gasteiger partial charge in [0.15, 0.2) is 5.52 Å². The zero-order valence-electron chi connectivity index (χ0n) is 32.1. The van der Waals surface area contributed by atoms with Crippen LogP contribution in [0.1, 0.15) is 129 Å². The number of imidazole rings is 2. The van der Waals surface area contributed by atoms with Crippen LogP contribution in [-0.2, 0) is 22.6 Å². The minimum absolute atomic E-state index is 0. The van der Waals surface area contributed by atoms with Crippen LogP contribution in [0.5, 0.6) is 12.0 Å². The molecule has 4 fully saturated rings. The molecular weight excluding hydrogens is 781 g/mol. The van der Waals surface area contributed by atoms with Crippen LogP contribution in [0.4, 0.5) is 17.6 Å². The Morgan fingerprint density at radius 1 is 0.672 bits per heavy atom. The highest BCUT2D eigenvalue weighted by Crippen LogP contribution is 2.37.